The molecule has 0 saturated carbocycles. The summed E-state index contributed by atoms with van der Waals surface area (Å²) in [5.74, 6) is -22.7. The van der Waals surface area contributed by atoms with Gasteiger partial charge in [0, 0.05) is 46.4 Å². The van der Waals surface area contributed by atoms with Gasteiger partial charge in [0.25, 0.3) is 0 Å². The summed E-state index contributed by atoms with van der Waals surface area (Å²) in [6.45, 7) is 0. The first kappa shape index (κ1) is 36.7. The summed E-state index contributed by atoms with van der Waals surface area (Å²) < 4.78 is 151. The molecule has 0 fully saturated rings. The predicted molar refractivity (Wildman–Crippen MR) is 159 cm³/mol. The van der Waals surface area contributed by atoms with Gasteiger partial charge >= 0.3 is 23.7 Å². The Bertz CT molecular complexity index is 2410. The summed E-state index contributed by atoms with van der Waals surface area (Å²) >= 11 is 0. The molecule has 0 aliphatic heterocycles. The molecule has 4 aliphatic rings. The summed E-state index contributed by atoms with van der Waals surface area (Å²) in [4.78, 5) is 12.2. The van der Waals surface area contributed by atoms with Gasteiger partial charge in [-0.05, 0) is 48.5 Å². The maximum atomic E-state index is 14.2. The Morgan fingerprint density at radius 2 is 1.13 bits per heavy atom. The Labute approximate surface area is 295 Å². The number of aliphatic hydroxyl groups is 3. The lowest BCUT2D eigenvalue weighted by atomic mass is 9.94. The topological polar surface area (TPSA) is 144 Å². The highest BCUT2D eigenvalue weighted by molar-refractivity contribution is 6.05. The number of ketones is 1. The quantitative estimate of drug-likeness (QED) is 0.178. The number of Topliss-reactive ketones (excluding diaryl/α,β-unsaturated/α-hetero) is 1. The molecule has 0 heterocycles. The highest BCUT2D eigenvalue weighted by atomic mass is 19.3. The number of rotatable bonds is 4. The molecule has 8 rings (SSSR count). The summed E-state index contributed by atoms with van der Waals surface area (Å²) in [5, 5.41) is 48.4. The van der Waals surface area contributed by atoms with E-state index in [1.54, 1.807) is 12.1 Å². The van der Waals surface area contributed by atoms with Crippen molar-refractivity contribution in [3.8, 4) is 35.1 Å². The van der Waals surface area contributed by atoms with E-state index in [0.717, 1.165) is 48.5 Å². The molecule has 3 N–H and O–H groups in total. The maximum Gasteiger partial charge on any atom is 0.347 e. The van der Waals surface area contributed by atoms with Gasteiger partial charge in [0.2, 0.25) is 0 Å². The van der Waals surface area contributed by atoms with Gasteiger partial charge in [0.05, 0.1) is 41.4 Å². The third-order valence-corrected chi connectivity index (χ3v) is 9.68. The van der Waals surface area contributed by atoms with E-state index >= 15 is 0 Å². The molecule has 0 aromatic heterocycles. The molecule has 8 nitrogen and oxygen atoms in total. The minimum Gasteiger partial charge on any atom is -0.457 e. The third kappa shape index (κ3) is 4.69. The molecule has 3 atom stereocenters. The number of nitrogens with zero attached hydrogens (tertiary/aromatic N) is 2. The lowest BCUT2D eigenvalue weighted by Crippen LogP contribution is -2.48. The van der Waals surface area contributed by atoms with E-state index in [4.69, 9.17) is 20.0 Å². The lowest BCUT2D eigenvalue weighted by Gasteiger charge is -2.30. The number of hydrogen-bond donors (Lipinski definition) is 3. The van der Waals surface area contributed by atoms with Crippen LogP contribution in [-0.2, 0) is 23.0 Å². The second-order valence-corrected chi connectivity index (χ2v) is 12.9. The Balaban J connectivity index is 0.000000167. The average molecular weight is 765 g/mol. The van der Waals surface area contributed by atoms with Crippen molar-refractivity contribution in [3.05, 3.63) is 117 Å². The van der Waals surface area contributed by atoms with Gasteiger partial charge in [-0.25, -0.2) is 8.78 Å². The fourth-order valence-electron chi connectivity index (χ4n) is 7.29. The monoisotopic (exact) mass is 764 g/mol. The summed E-state index contributed by atoms with van der Waals surface area (Å²) in [5.41, 5.74) is -11.7. The number of hydrogen-bond acceptors (Lipinski definition) is 8. The van der Waals surface area contributed by atoms with Gasteiger partial charge in [0.1, 0.15) is 34.6 Å². The van der Waals surface area contributed by atoms with E-state index in [9.17, 15) is 64.0 Å². The van der Waals surface area contributed by atoms with Crippen LogP contribution in [0, 0.1) is 34.3 Å². The molecule has 54 heavy (non-hydrogen) atoms. The second-order valence-electron chi connectivity index (χ2n) is 12.9. The number of ether oxygens (including phenoxy) is 2. The van der Waals surface area contributed by atoms with Crippen LogP contribution in [-0.4, -0.2) is 32.9 Å². The first-order valence-corrected chi connectivity index (χ1v) is 15.4. The Hall–Kier alpha value is -5.69. The number of carbonyl (C=O) groups is 1. The molecule has 0 bridgehead atoms. The Morgan fingerprint density at radius 3 is 1.65 bits per heavy atom. The molecular formula is C36H18F10N2O6. The van der Waals surface area contributed by atoms with Crippen molar-refractivity contribution < 1.29 is 73.5 Å². The number of nitriles is 2. The standard InChI is InChI=1S/C18H10F5NO3.C18H8F5NO3/c2*19-9-3-8(7-24)4-10(5-9)27-13-2-1-11-15-14(13)12(25)6-16(15,26)18(22,23)17(11,20)21/h1-5,12,25-26H,6H2;1-5,26H,6H2/t12-,16-;16-/m11/s1. The second kappa shape index (κ2) is 11.4. The minimum atomic E-state index is -4.88. The molecule has 4 aromatic rings. The zero-order valence-electron chi connectivity index (χ0n) is 26.5. The van der Waals surface area contributed by atoms with Crippen LogP contribution in [0.25, 0.3) is 0 Å². The average Bonchev–Trinajstić information content (AvgIpc) is 3.61. The fraction of sp³-hybridized carbons (Fsp3) is 0.250. The van der Waals surface area contributed by atoms with Crippen molar-refractivity contribution >= 4 is 5.78 Å². The zero-order chi connectivity index (χ0) is 39.6. The van der Waals surface area contributed by atoms with Gasteiger partial charge in [-0.15, -0.1) is 0 Å². The van der Waals surface area contributed by atoms with Crippen LogP contribution in [0.4, 0.5) is 43.9 Å². The number of alkyl halides is 8. The molecular weight excluding hydrogens is 746 g/mol. The fourth-order valence-corrected chi connectivity index (χ4v) is 7.29. The summed E-state index contributed by atoms with van der Waals surface area (Å²) in [6, 6.07) is 12.4. The molecule has 18 heteroatoms. The first-order chi connectivity index (χ1) is 25.1. The van der Waals surface area contributed by atoms with Crippen molar-refractivity contribution in [2.75, 3.05) is 0 Å². The molecule has 0 amide bonds. The van der Waals surface area contributed by atoms with E-state index in [0.29, 0.717) is 12.1 Å². The smallest absolute Gasteiger partial charge is 0.347 e. The van der Waals surface area contributed by atoms with Crippen LogP contribution < -0.4 is 9.47 Å². The van der Waals surface area contributed by atoms with Crippen molar-refractivity contribution in [1.82, 2.24) is 0 Å². The third-order valence-electron chi connectivity index (χ3n) is 9.68. The number of carbonyl (C=O) groups excluding carboxylic acids is 1. The SMILES string of the molecule is N#Cc1cc(F)cc(Oc2ccc3c4c2C(=O)C[C@]4(O)C(F)(F)C3(F)F)c1.N#Cc1cc(F)cc(Oc2ccc3c4c2[C@H](O)C[C@]4(O)C(F)(F)C3(F)F)c1. The van der Waals surface area contributed by atoms with E-state index in [1.807, 2.05) is 0 Å². The van der Waals surface area contributed by atoms with Crippen molar-refractivity contribution in [2.24, 2.45) is 0 Å². The van der Waals surface area contributed by atoms with Gasteiger partial charge < -0.3 is 24.8 Å². The summed E-state index contributed by atoms with van der Waals surface area (Å²) in [7, 11) is 0. The van der Waals surface area contributed by atoms with Crippen molar-refractivity contribution in [3.63, 3.8) is 0 Å². The van der Waals surface area contributed by atoms with Gasteiger partial charge in [-0.3, -0.25) is 4.79 Å². The molecule has 278 valence electrons. The molecule has 0 saturated heterocycles. The number of benzene rings is 4. The normalized spacial score (nSPS) is 25.2. The van der Waals surface area contributed by atoms with Gasteiger partial charge in [-0.2, -0.15) is 45.6 Å². The summed E-state index contributed by atoms with van der Waals surface area (Å²) in [6.07, 6.45) is -3.96. The van der Waals surface area contributed by atoms with Crippen LogP contribution in [0.1, 0.15) is 68.2 Å². The molecule has 0 radical (unpaired) electrons. The highest BCUT2D eigenvalue weighted by Crippen LogP contribution is 2.68. The molecule has 0 unspecified atom stereocenters. The van der Waals surface area contributed by atoms with E-state index in [1.165, 1.54) is 0 Å². The van der Waals surface area contributed by atoms with Crippen molar-refractivity contribution in [2.45, 2.75) is 53.8 Å². The molecule has 4 aromatic carbocycles. The largest absolute Gasteiger partial charge is 0.457 e. The highest BCUT2D eigenvalue weighted by Gasteiger charge is 2.80. The Kier molecular flexibility index (Phi) is 7.74. The van der Waals surface area contributed by atoms with Gasteiger partial charge in [-0.1, -0.05) is 0 Å². The van der Waals surface area contributed by atoms with E-state index in [2.05, 4.69) is 0 Å². The van der Waals surface area contributed by atoms with Crippen LogP contribution in [0.5, 0.6) is 23.0 Å². The van der Waals surface area contributed by atoms with E-state index in [-0.39, 0.29) is 28.4 Å². The van der Waals surface area contributed by atoms with E-state index < -0.39 is 110 Å². The minimum absolute atomic E-state index is 0.0855. The van der Waals surface area contributed by atoms with Crippen molar-refractivity contribution in [1.29, 1.82) is 10.5 Å². The number of aliphatic hydroxyl groups excluding tert-OH is 1. The van der Waals surface area contributed by atoms with Crippen LogP contribution in [0.3, 0.4) is 0 Å². The van der Waals surface area contributed by atoms with Crippen LogP contribution in [0.15, 0.2) is 60.7 Å². The molecule has 0 spiro atoms. The Morgan fingerprint density at radius 1 is 0.667 bits per heavy atom. The van der Waals surface area contributed by atoms with Gasteiger partial charge in [0.15, 0.2) is 17.0 Å². The lowest BCUT2D eigenvalue weighted by molar-refractivity contribution is -0.289. The first-order valence-electron chi connectivity index (χ1n) is 15.4. The number of halogens is 10. The maximum absolute atomic E-state index is 14.2. The molecule has 4 aliphatic carbocycles. The van der Waals surface area contributed by atoms with Crippen LogP contribution in [0.2, 0.25) is 0 Å². The predicted octanol–water partition coefficient (Wildman–Crippen LogP) is 7.86. The zero-order valence-corrected chi connectivity index (χ0v) is 26.5. The van der Waals surface area contributed by atoms with Crippen LogP contribution >= 0.6 is 0 Å².